The van der Waals surface area contributed by atoms with E-state index in [1.807, 2.05) is 17.5 Å². The minimum Gasteiger partial charge on any atom is -0.379 e. The zero-order chi connectivity index (χ0) is 18.1. The van der Waals surface area contributed by atoms with Crippen LogP contribution in [0.5, 0.6) is 0 Å². The third-order valence-corrected chi connectivity index (χ3v) is 5.20. The average Bonchev–Trinajstić information content (AvgIpc) is 3.30. The molecule has 4 rings (SSSR count). The average molecular weight is 365 g/mol. The number of fused-ring (bicyclic) bond motifs is 1. The molecule has 7 heteroatoms. The maximum atomic E-state index is 12.4. The number of anilines is 1. The van der Waals surface area contributed by atoms with Crippen LogP contribution >= 0.6 is 11.3 Å². The van der Waals surface area contributed by atoms with Gasteiger partial charge in [-0.2, -0.15) is 9.50 Å². The lowest BCUT2D eigenvalue weighted by Crippen LogP contribution is -2.17. The summed E-state index contributed by atoms with van der Waals surface area (Å²) in [7, 11) is 0. The Bertz CT molecular complexity index is 1110. The number of para-hydroxylation sites is 1. The predicted molar refractivity (Wildman–Crippen MR) is 105 cm³/mol. The van der Waals surface area contributed by atoms with Gasteiger partial charge in [-0.1, -0.05) is 31.2 Å². The summed E-state index contributed by atoms with van der Waals surface area (Å²) in [6.45, 7) is 4.69. The van der Waals surface area contributed by atoms with Gasteiger partial charge in [0.25, 0.3) is 11.3 Å². The van der Waals surface area contributed by atoms with Crippen molar-refractivity contribution in [1.82, 2.24) is 19.6 Å². The van der Waals surface area contributed by atoms with Crippen LogP contribution in [0.1, 0.15) is 23.7 Å². The molecule has 6 nitrogen and oxygen atoms in total. The molecule has 1 aromatic carbocycles. The summed E-state index contributed by atoms with van der Waals surface area (Å²) in [5, 5.41) is 8.42. The Morgan fingerprint density at radius 3 is 2.88 bits per heavy atom. The molecular weight excluding hydrogens is 346 g/mol. The van der Waals surface area contributed by atoms with Crippen LogP contribution in [-0.4, -0.2) is 19.6 Å². The van der Waals surface area contributed by atoms with Crippen molar-refractivity contribution in [3.63, 3.8) is 0 Å². The van der Waals surface area contributed by atoms with E-state index in [0.29, 0.717) is 23.8 Å². The fourth-order valence-electron chi connectivity index (χ4n) is 3.00. The highest BCUT2D eigenvalue weighted by molar-refractivity contribution is 7.13. The minimum atomic E-state index is -0.164. The summed E-state index contributed by atoms with van der Waals surface area (Å²) in [4.78, 5) is 22.4. The van der Waals surface area contributed by atoms with Crippen LogP contribution in [0.2, 0.25) is 0 Å². The van der Waals surface area contributed by atoms with E-state index in [1.54, 1.807) is 17.4 Å². The van der Waals surface area contributed by atoms with Crippen LogP contribution in [0.3, 0.4) is 0 Å². The fourth-order valence-corrected chi connectivity index (χ4v) is 3.66. The van der Waals surface area contributed by atoms with Crippen LogP contribution in [0.4, 0.5) is 5.69 Å². The first-order valence-electron chi connectivity index (χ1n) is 8.50. The highest BCUT2D eigenvalue weighted by atomic mass is 32.1. The molecule has 0 aliphatic rings. The lowest BCUT2D eigenvalue weighted by Gasteiger charge is -2.13. The summed E-state index contributed by atoms with van der Waals surface area (Å²) >= 11 is 1.57. The van der Waals surface area contributed by atoms with Crippen molar-refractivity contribution >= 4 is 22.8 Å². The number of aryl methyl sites for hydroxylation is 2. The highest BCUT2D eigenvalue weighted by Gasteiger charge is 2.11. The van der Waals surface area contributed by atoms with Gasteiger partial charge in [0.2, 0.25) is 0 Å². The molecule has 132 valence electrons. The smallest absolute Gasteiger partial charge is 0.274 e. The summed E-state index contributed by atoms with van der Waals surface area (Å²) < 4.78 is 1.38. The van der Waals surface area contributed by atoms with Gasteiger partial charge in [0.1, 0.15) is 0 Å². The van der Waals surface area contributed by atoms with Crippen LogP contribution in [0.25, 0.3) is 16.5 Å². The first-order chi connectivity index (χ1) is 12.7. The third-order valence-electron chi connectivity index (χ3n) is 4.32. The van der Waals surface area contributed by atoms with Crippen LogP contribution in [-0.2, 0) is 13.0 Å². The van der Waals surface area contributed by atoms with Crippen molar-refractivity contribution in [2.75, 3.05) is 5.32 Å². The largest absolute Gasteiger partial charge is 0.379 e. The first kappa shape index (κ1) is 16.5. The fraction of sp³-hybridized carbons (Fsp3) is 0.211. The molecule has 2 N–H and O–H groups in total. The van der Waals surface area contributed by atoms with E-state index in [1.165, 1.54) is 15.6 Å². The first-order valence-corrected chi connectivity index (χ1v) is 9.38. The van der Waals surface area contributed by atoms with Gasteiger partial charge in [-0.15, -0.1) is 11.3 Å². The maximum Gasteiger partial charge on any atom is 0.274 e. The molecule has 3 aromatic heterocycles. The van der Waals surface area contributed by atoms with E-state index in [4.69, 9.17) is 0 Å². The van der Waals surface area contributed by atoms with E-state index < -0.39 is 0 Å². The van der Waals surface area contributed by atoms with Gasteiger partial charge in [0, 0.05) is 11.8 Å². The Labute approximate surface area is 154 Å². The topological polar surface area (TPSA) is 75.1 Å². The number of hydrogen-bond donors (Lipinski definition) is 2. The summed E-state index contributed by atoms with van der Waals surface area (Å²) in [6, 6.07) is 11.7. The maximum absolute atomic E-state index is 12.4. The standard InChI is InChI=1S/C19H19N5OS/c1-3-13-7-4-6-12(2)17(13)20-11-14-10-16(25)24-19(21-14)22-18(23-24)15-8-5-9-26-15/h4-10,20H,3,11H2,1-2H3,(H,21,22,23). The molecule has 0 amide bonds. The number of hydrogen-bond acceptors (Lipinski definition) is 5. The van der Waals surface area contributed by atoms with E-state index in [-0.39, 0.29) is 5.56 Å². The number of rotatable bonds is 5. The second kappa shape index (κ2) is 6.76. The van der Waals surface area contributed by atoms with Gasteiger partial charge in [0.05, 0.1) is 17.1 Å². The van der Waals surface area contributed by atoms with Crippen molar-refractivity contribution in [1.29, 1.82) is 0 Å². The number of H-pyrrole nitrogens is 1. The molecule has 0 atom stereocenters. The molecule has 0 spiro atoms. The minimum absolute atomic E-state index is 0.164. The number of aromatic nitrogens is 4. The SMILES string of the molecule is CCc1cccc(C)c1NCc1cc(=O)n2[nH]c(-c3cccs3)nc2n1. The van der Waals surface area contributed by atoms with Gasteiger partial charge < -0.3 is 5.32 Å². The molecule has 0 fully saturated rings. The molecule has 0 saturated carbocycles. The molecule has 0 saturated heterocycles. The Morgan fingerprint density at radius 2 is 2.12 bits per heavy atom. The predicted octanol–water partition coefficient (Wildman–Crippen LogP) is 3.63. The Kier molecular flexibility index (Phi) is 4.30. The van der Waals surface area contributed by atoms with Crippen LogP contribution < -0.4 is 10.9 Å². The van der Waals surface area contributed by atoms with E-state index >= 15 is 0 Å². The molecular formula is C19H19N5OS. The summed E-state index contributed by atoms with van der Waals surface area (Å²) in [6.07, 6.45) is 0.947. The molecule has 0 aliphatic carbocycles. The van der Waals surface area contributed by atoms with Gasteiger partial charge in [-0.3, -0.25) is 9.89 Å². The number of thiophene rings is 1. The molecule has 0 unspecified atom stereocenters. The van der Waals surface area contributed by atoms with Gasteiger partial charge in [-0.05, 0) is 35.9 Å². The monoisotopic (exact) mass is 365 g/mol. The van der Waals surface area contributed by atoms with Crippen molar-refractivity contribution < 1.29 is 0 Å². The molecule has 0 radical (unpaired) electrons. The third kappa shape index (κ3) is 3.01. The lowest BCUT2D eigenvalue weighted by atomic mass is 10.1. The van der Waals surface area contributed by atoms with Gasteiger partial charge in [-0.25, -0.2) is 4.98 Å². The quantitative estimate of drug-likeness (QED) is 0.566. The lowest BCUT2D eigenvalue weighted by molar-refractivity contribution is 0.878. The molecule has 0 aliphatic heterocycles. The number of nitrogens with one attached hydrogen (secondary N) is 2. The Hall–Kier alpha value is -2.93. The zero-order valence-electron chi connectivity index (χ0n) is 14.6. The number of benzene rings is 1. The highest BCUT2D eigenvalue weighted by Crippen LogP contribution is 2.22. The van der Waals surface area contributed by atoms with Gasteiger partial charge >= 0.3 is 0 Å². The number of nitrogens with zero attached hydrogens (tertiary/aromatic N) is 3. The van der Waals surface area contributed by atoms with Crippen molar-refractivity contribution in [2.45, 2.75) is 26.8 Å². The molecule has 26 heavy (non-hydrogen) atoms. The summed E-state index contributed by atoms with van der Waals surface area (Å²) in [5.74, 6) is 1.04. The molecule has 3 heterocycles. The van der Waals surface area contributed by atoms with E-state index in [2.05, 4.69) is 52.4 Å². The molecule has 4 aromatic rings. The van der Waals surface area contributed by atoms with Crippen molar-refractivity contribution in [3.05, 3.63) is 69.0 Å². The van der Waals surface area contributed by atoms with Crippen molar-refractivity contribution in [3.8, 4) is 10.7 Å². The number of aromatic amines is 1. The van der Waals surface area contributed by atoms with Crippen LogP contribution in [0, 0.1) is 6.92 Å². The van der Waals surface area contributed by atoms with Gasteiger partial charge in [0.15, 0.2) is 5.82 Å². The Balaban J connectivity index is 1.65. The Morgan fingerprint density at radius 1 is 1.23 bits per heavy atom. The normalized spacial score (nSPS) is 11.2. The second-order valence-electron chi connectivity index (χ2n) is 6.09. The van der Waals surface area contributed by atoms with Crippen LogP contribution in [0.15, 0.2) is 46.6 Å². The summed E-state index contributed by atoms with van der Waals surface area (Å²) in [5.41, 5.74) is 4.05. The van der Waals surface area contributed by atoms with E-state index in [0.717, 1.165) is 17.0 Å². The van der Waals surface area contributed by atoms with E-state index in [9.17, 15) is 4.79 Å². The van der Waals surface area contributed by atoms with Crippen molar-refractivity contribution in [2.24, 2.45) is 0 Å². The zero-order valence-corrected chi connectivity index (χ0v) is 15.4. The molecule has 0 bridgehead atoms. The second-order valence-corrected chi connectivity index (χ2v) is 7.03.